The summed E-state index contributed by atoms with van der Waals surface area (Å²) in [5, 5.41) is 0. The predicted molar refractivity (Wildman–Crippen MR) is 75.3 cm³/mol. The first-order valence-electron chi connectivity index (χ1n) is 6.20. The molecule has 6 heteroatoms. The molecule has 1 aliphatic rings. The van der Waals surface area contributed by atoms with Gasteiger partial charge in [0.15, 0.2) is 0 Å². The lowest BCUT2D eigenvalue weighted by Crippen LogP contribution is -2.42. The highest BCUT2D eigenvalue weighted by atomic mass is 35.5. The van der Waals surface area contributed by atoms with E-state index in [1.807, 2.05) is 6.07 Å². The number of ether oxygens (including phenoxy) is 1. The fourth-order valence-electron chi connectivity index (χ4n) is 2.22. The van der Waals surface area contributed by atoms with Crippen LogP contribution in [0.2, 0.25) is 0 Å². The monoisotopic (exact) mass is 285 g/mol. The Morgan fingerprint density at radius 1 is 1.58 bits per heavy atom. The van der Waals surface area contributed by atoms with E-state index in [1.165, 1.54) is 7.11 Å². The molecule has 19 heavy (non-hydrogen) atoms. The van der Waals surface area contributed by atoms with Gasteiger partial charge in [0.25, 0.3) is 0 Å². The maximum atomic E-state index is 11.3. The van der Waals surface area contributed by atoms with Crippen LogP contribution in [0, 0.1) is 0 Å². The Morgan fingerprint density at radius 2 is 2.37 bits per heavy atom. The molecule has 2 N–H and O–H groups in total. The van der Waals surface area contributed by atoms with E-state index < -0.39 is 0 Å². The minimum atomic E-state index is -0.353. The zero-order chi connectivity index (χ0) is 13.0. The SMILES string of the molecule is COC(=O)c1ccc(CN2CCC[C@@H](N)C2)nc1.Cl. The van der Waals surface area contributed by atoms with Gasteiger partial charge in [0, 0.05) is 25.3 Å². The van der Waals surface area contributed by atoms with Gasteiger partial charge in [-0.25, -0.2) is 4.79 Å². The molecule has 0 bridgehead atoms. The molecule has 106 valence electrons. The number of carbonyl (C=O) groups is 1. The molecule has 1 aromatic rings. The minimum Gasteiger partial charge on any atom is -0.465 e. The van der Waals surface area contributed by atoms with Crippen LogP contribution in [-0.4, -0.2) is 42.1 Å². The molecule has 1 saturated heterocycles. The van der Waals surface area contributed by atoms with Gasteiger partial charge >= 0.3 is 5.97 Å². The molecule has 2 rings (SSSR count). The molecule has 0 spiro atoms. The van der Waals surface area contributed by atoms with Gasteiger partial charge in [0.2, 0.25) is 0 Å². The third-order valence-corrected chi connectivity index (χ3v) is 3.17. The first kappa shape index (κ1) is 15.9. The Balaban J connectivity index is 0.00000180. The lowest BCUT2D eigenvalue weighted by molar-refractivity contribution is 0.0600. The number of nitrogens with zero attached hydrogens (tertiary/aromatic N) is 2. The van der Waals surface area contributed by atoms with E-state index in [4.69, 9.17) is 5.73 Å². The summed E-state index contributed by atoms with van der Waals surface area (Å²) in [5.41, 5.74) is 7.38. The average Bonchev–Trinajstić information content (AvgIpc) is 2.39. The van der Waals surface area contributed by atoms with Crippen LogP contribution in [0.4, 0.5) is 0 Å². The van der Waals surface area contributed by atoms with Crippen molar-refractivity contribution in [3.63, 3.8) is 0 Å². The van der Waals surface area contributed by atoms with Crippen LogP contribution in [0.25, 0.3) is 0 Å². The van der Waals surface area contributed by atoms with E-state index >= 15 is 0 Å². The number of hydrogen-bond acceptors (Lipinski definition) is 5. The summed E-state index contributed by atoms with van der Waals surface area (Å²) in [6.45, 7) is 2.77. The second-order valence-electron chi connectivity index (χ2n) is 4.67. The molecule has 0 saturated carbocycles. The van der Waals surface area contributed by atoms with E-state index in [0.717, 1.165) is 38.2 Å². The van der Waals surface area contributed by atoms with Crippen LogP contribution in [0.5, 0.6) is 0 Å². The molecular weight excluding hydrogens is 266 g/mol. The molecule has 1 atom stereocenters. The summed E-state index contributed by atoms with van der Waals surface area (Å²) in [5.74, 6) is -0.353. The number of piperidine rings is 1. The van der Waals surface area contributed by atoms with Crippen LogP contribution >= 0.6 is 12.4 Å². The summed E-state index contributed by atoms with van der Waals surface area (Å²) in [6.07, 6.45) is 3.80. The van der Waals surface area contributed by atoms with Gasteiger partial charge in [-0.2, -0.15) is 0 Å². The Labute approximate surface area is 119 Å². The smallest absolute Gasteiger partial charge is 0.339 e. The Kier molecular flexibility index (Phi) is 6.21. The van der Waals surface area contributed by atoms with Crippen molar-refractivity contribution in [1.82, 2.24) is 9.88 Å². The molecule has 1 aliphatic heterocycles. The third kappa shape index (κ3) is 4.45. The van der Waals surface area contributed by atoms with Crippen LogP contribution < -0.4 is 5.73 Å². The highest BCUT2D eigenvalue weighted by Gasteiger charge is 2.17. The number of pyridine rings is 1. The number of rotatable bonds is 3. The van der Waals surface area contributed by atoms with E-state index in [9.17, 15) is 4.79 Å². The van der Waals surface area contributed by atoms with Crippen molar-refractivity contribution in [2.24, 2.45) is 5.73 Å². The molecule has 0 unspecified atom stereocenters. The van der Waals surface area contributed by atoms with Crippen molar-refractivity contribution < 1.29 is 9.53 Å². The summed E-state index contributed by atoms with van der Waals surface area (Å²) >= 11 is 0. The van der Waals surface area contributed by atoms with E-state index in [2.05, 4.69) is 14.6 Å². The van der Waals surface area contributed by atoms with Crippen LogP contribution in [0.1, 0.15) is 28.9 Å². The van der Waals surface area contributed by atoms with Crippen molar-refractivity contribution in [3.8, 4) is 0 Å². The number of aromatic nitrogens is 1. The number of esters is 1. The number of halogens is 1. The predicted octanol–water partition coefficient (Wildman–Crippen LogP) is 1.21. The normalized spacial score (nSPS) is 19.6. The van der Waals surface area contributed by atoms with Crippen LogP contribution in [-0.2, 0) is 11.3 Å². The third-order valence-electron chi connectivity index (χ3n) is 3.17. The highest BCUT2D eigenvalue weighted by molar-refractivity contribution is 5.88. The molecule has 0 aliphatic carbocycles. The maximum Gasteiger partial charge on any atom is 0.339 e. The lowest BCUT2D eigenvalue weighted by Gasteiger charge is -2.30. The van der Waals surface area contributed by atoms with Gasteiger partial charge in [-0.05, 0) is 31.5 Å². The topological polar surface area (TPSA) is 68.5 Å². The van der Waals surface area contributed by atoms with Crippen molar-refractivity contribution in [1.29, 1.82) is 0 Å². The van der Waals surface area contributed by atoms with E-state index in [-0.39, 0.29) is 24.4 Å². The molecule has 0 radical (unpaired) electrons. The fourth-order valence-corrected chi connectivity index (χ4v) is 2.22. The molecule has 1 fully saturated rings. The van der Waals surface area contributed by atoms with Crippen LogP contribution in [0.15, 0.2) is 18.3 Å². The largest absolute Gasteiger partial charge is 0.465 e. The summed E-state index contributed by atoms with van der Waals surface area (Å²) in [7, 11) is 1.37. The standard InChI is InChI=1S/C13H19N3O2.ClH/c1-18-13(17)10-4-5-12(15-7-10)9-16-6-2-3-11(14)8-16;/h4-5,7,11H,2-3,6,8-9,14H2,1H3;1H/t11-;/m1./s1. The lowest BCUT2D eigenvalue weighted by atomic mass is 10.1. The van der Waals surface area contributed by atoms with Crippen LogP contribution in [0.3, 0.4) is 0 Å². The minimum absolute atomic E-state index is 0. The number of nitrogens with two attached hydrogens (primary N) is 1. The molecule has 5 nitrogen and oxygen atoms in total. The van der Waals surface area contributed by atoms with E-state index in [0.29, 0.717) is 5.56 Å². The molecule has 0 aromatic carbocycles. The first-order valence-corrected chi connectivity index (χ1v) is 6.20. The Bertz CT molecular complexity index is 411. The maximum absolute atomic E-state index is 11.3. The van der Waals surface area contributed by atoms with Crippen molar-refractivity contribution in [3.05, 3.63) is 29.6 Å². The second-order valence-corrected chi connectivity index (χ2v) is 4.67. The van der Waals surface area contributed by atoms with Gasteiger partial charge in [-0.15, -0.1) is 12.4 Å². The molecule has 1 aromatic heterocycles. The molecule has 0 amide bonds. The zero-order valence-electron chi connectivity index (χ0n) is 11.0. The number of carbonyl (C=O) groups excluding carboxylic acids is 1. The summed E-state index contributed by atoms with van der Waals surface area (Å²) < 4.78 is 4.63. The zero-order valence-corrected chi connectivity index (χ0v) is 11.9. The summed E-state index contributed by atoms with van der Waals surface area (Å²) in [4.78, 5) is 17.9. The number of likely N-dealkylation sites (tertiary alicyclic amines) is 1. The van der Waals surface area contributed by atoms with Gasteiger partial charge in [-0.3, -0.25) is 9.88 Å². The van der Waals surface area contributed by atoms with Crippen molar-refractivity contribution in [2.75, 3.05) is 20.2 Å². The van der Waals surface area contributed by atoms with Gasteiger partial charge in [-0.1, -0.05) is 0 Å². The number of hydrogen-bond donors (Lipinski definition) is 1. The Morgan fingerprint density at radius 3 is 2.95 bits per heavy atom. The van der Waals surface area contributed by atoms with Gasteiger partial charge in [0.1, 0.15) is 0 Å². The number of methoxy groups -OCH3 is 1. The first-order chi connectivity index (χ1) is 8.69. The summed E-state index contributed by atoms with van der Waals surface area (Å²) in [6, 6.07) is 3.89. The average molecular weight is 286 g/mol. The molecular formula is C13H20ClN3O2. The van der Waals surface area contributed by atoms with Crippen molar-refractivity contribution >= 4 is 18.4 Å². The van der Waals surface area contributed by atoms with Gasteiger partial charge in [0.05, 0.1) is 18.4 Å². The second kappa shape index (κ2) is 7.43. The van der Waals surface area contributed by atoms with Gasteiger partial charge < -0.3 is 10.5 Å². The highest BCUT2D eigenvalue weighted by Crippen LogP contribution is 2.11. The fraction of sp³-hybridized carbons (Fsp3) is 0.538. The Hall–Kier alpha value is -1.17. The molecule has 2 heterocycles. The van der Waals surface area contributed by atoms with Crippen molar-refractivity contribution in [2.45, 2.75) is 25.4 Å². The van der Waals surface area contributed by atoms with E-state index in [1.54, 1.807) is 12.3 Å². The quantitative estimate of drug-likeness (QED) is 0.846.